The summed E-state index contributed by atoms with van der Waals surface area (Å²) in [5, 5.41) is 3.82. The summed E-state index contributed by atoms with van der Waals surface area (Å²) in [6, 6.07) is 25.4. The van der Waals surface area contributed by atoms with Gasteiger partial charge in [-0.25, -0.2) is 0 Å². The molecular formula is C27H27NO2. The third-order valence-corrected chi connectivity index (χ3v) is 6.14. The van der Waals surface area contributed by atoms with Crippen molar-refractivity contribution in [2.45, 2.75) is 31.9 Å². The minimum Gasteiger partial charge on any atom is -0.494 e. The number of nitrogens with one attached hydrogen (secondary N) is 1. The van der Waals surface area contributed by atoms with Crippen molar-refractivity contribution in [2.24, 2.45) is 5.92 Å². The van der Waals surface area contributed by atoms with Crippen molar-refractivity contribution in [3.8, 4) is 11.5 Å². The van der Waals surface area contributed by atoms with E-state index in [0.717, 1.165) is 17.9 Å². The van der Waals surface area contributed by atoms with Gasteiger partial charge in [0, 0.05) is 17.2 Å². The molecule has 0 bridgehead atoms. The molecule has 3 heteroatoms. The first kappa shape index (κ1) is 18.8. The second kappa shape index (κ2) is 8.27. The Morgan fingerprint density at radius 3 is 2.60 bits per heavy atom. The molecule has 0 radical (unpaired) electrons. The lowest BCUT2D eigenvalue weighted by Crippen LogP contribution is -2.29. The zero-order chi connectivity index (χ0) is 20.3. The quantitative estimate of drug-likeness (QED) is 0.482. The molecule has 30 heavy (non-hydrogen) atoms. The summed E-state index contributed by atoms with van der Waals surface area (Å²) in [4.78, 5) is 0. The van der Waals surface area contributed by atoms with Crippen molar-refractivity contribution >= 4 is 5.69 Å². The molecule has 0 saturated carbocycles. The van der Waals surface area contributed by atoms with Gasteiger partial charge < -0.3 is 14.8 Å². The fraction of sp³-hybridized carbons (Fsp3) is 0.259. The van der Waals surface area contributed by atoms with Gasteiger partial charge in [0.1, 0.15) is 18.1 Å². The number of ether oxygens (including phenoxy) is 2. The Labute approximate surface area is 178 Å². The van der Waals surface area contributed by atoms with E-state index in [2.05, 4.69) is 84.2 Å². The molecule has 3 nitrogen and oxygen atoms in total. The van der Waals surface area contributed by atoms with Crippen LogP contribution in [-0.2, 0) is 6.61 Å². The third-order valence-electron chi connectivity index (χ3n) is 6.14. The van der Waals surface area contributed by atoms with Gasteiger partial charge in [-0.3, -0.25) is 0 Å². The molecule has 152 valence electrons. The van der Waals surface area contributed by atoms with Crippen LogP contribution in [0.1, 0.15) is 42.0 Å². The maximum absolute atomic E-state index is 6.28. The highest BCUT2D eigenvalue weighted by molar-refractivity contribution is 5.62. The molecular weight excluding hydrogens is 370 g/mol. The van der Waals surface area contributed by atoms with E-state index in [-0.39, 0.29) is 6.04 Å². The molecule has 1 heterocycles. The van der Waals surface area contributed by atoms with E-state index in [1.54, 1.807) is 0 Å². The maximum Gasteiger partial charge on any atom is 0.125 e. The van der Waals surface area contributed by atoms with Crippen LogP contribution in [0.5, 0.6) is 11.5 Å². The van der Waals surface area contributed by atoms with Gasteiger partial charge in [0.25, 0.3) is 0 Å². The van der Waals surface area contributed by atoms with E-state index in [1.807, 2.05) is 13.0 Å². The van der Waals surface area contributed by atoms with Crippen molar-refractivity contribution in [3.63, 3.8) is 0 Å². The number of hydrogen-bond acceptors (Lipinski definition) is 3. The third kappa shape index (κ3) is 3.56. The minimum absolute atomic E-state index is 0.211. The Balaban J connectivity index is 1.45. The van der Waals surface area contributed by atoms with Gasteiger partial charge >= 0.3 is 0 Å². The molecule has 3 aromatic carbocycles. The second-order valence-electron chi connectivity index (χ2n) is 7.97. The summed E-state index contributed by atoms with van der Waals surface area (Å²) >= 11 is 0. The van der Waals surface area contributed by atoms with Crippen LogP contribution in [0.3, 0.4) is 0 Å². The fourth-order valence-electron chi connectivity index (χ4n) is 4.74. The number of fused-ring (bicyclic) bond motifs is 3. The fourth-order valence-corrected chi connectivity index (χ4v) is 4.74. The highest BCUT2D eigenvalue weighted by Crippen LogP contribution is 2.51. The van der Waals surface area contributed by atoms with E-state index in [0.29, 0.717) is 25.0 Å². The van der Waals surface area contributed by atoms with Gasteiger partial charge in [0.2, 0.25) is 0 Å². The summed E-state index contributed by atoms with van der Waals surface area (Å²) in [6.45, 7) is 3.29. The van der Waals surface area contributed by atoms with E-state index >= 15 is 0 Å². The van der Waals surface area contributed by atoms with Crippen molar-refractivity contribution < 1.29 is 9.47 Å². The van der Waals surface area contributed by atoms with Crippen LogP contribution < -0.4 is 14.8 Å². The maximum atomic E-state index is 6.28. The summed E-state index contributed by atoms with van der Waals surface area (Å²) in [5.74, 6) is 2.77. The molecule has 0 fully saturated rings. The number of hydrogen-bond donors (Lipinski definition) is 1. The lowest BCUT2D eigenvalue weighted by atomic mass is 9.77. The first-order chi connectivity index (χ1) is 14.8. The Kier molecular flexibility index (Phi) is 5.18. The van der Waals surface area contributed by atoms with Crippen LogP contribution in [0.4, 0.5) is 5.69 Å². The number of allylic oxidation sites excluding steroid dienone is 2. The van der Waals surface area contributed by atoms with Gasteiger partial charge in [-0.05, 0) is 54.7 Å². The van der Waals surface area contributed by atoms with Gasteiger partial charge in [-0.1, -0.05) is 60.7 Å². The highest BCUT2D eigenvalue weighted by atomic mass is 16.5. The molecule has 1 aliphatic carbocycles. The molecule has 0 amide bonds. The lowest BCUT2D eigenvalue weighted by molar-refractivity contribution is 0.296. The normalized spacial score (nSPS) is 21.4. The van der Waals surface area contributed by atoms with Crippen molar-refractivity contribution in [2.75, 3.05) is 11.9 Å². The Bertz CT molecular complexity index is 1040. The molecule has 2 aliphatic rings. The van der Waals surface area contributed by atoms with Gasteiger partial charge in [0.05, 0.1) is 12.6 Å². The molecule has 3 atom stereocenters. The van der Waals surface area contributed by atoms with Crippen LogP contribution in [0, 0.1) is 5.92 Å². The summed E-state index contributed by atoms with van der Waals surface area (Å²) < 4.78 is 12.0. The first-order valence-corrected chi connectivity index (χ1v) is 10.8. The summed E-state index contributed by atoms with van der Waals surface area (Å²) in [7, 11) is 0. The minimum atomic E-state index is 0.211. The molecule has 1 N–H and O–H groups in total. The van der Waals surface area contributed by atoms with Gasteiger partial charge in [0.15, 0.2) is 0 Å². The first-order valence-electron chi connectivity index (χ1n) is 10.8. The number of para-hydroxylation sites is 1. The predicted molar refractivity (Wildman–Crippen MR) is 121 cm³/mol. The molecule has 3 aromatic rings. The van der Waals surface area contributed by atoms with Crippen LogP contribution in [0.25, 0.3) is 0 Å². The Morgan fingerprint density at radius 1 is 0.900 bits per heavy atom. The van der Waals surface area contributed by atoms with E-state index < -0.39 is 0 Å². The standard InChI is InChI=1S/C27H27NO2/c1-2-29-20-15-16-25-24(17-20)21-12-8-13-22(21)27(28-25)23-11-6-7-14-26(23)30-18-19-9-4-3-5-10-19/h3-12,14-17,21-22,27-28H,2,13,18H2,1H3. The summed E-state index contributed by atoms with van der Waals surface area (Å²) in [6.07, 6.45) is 5.74. The lowest BCUT2D eigenvalue weighted by Gasteiger charge is -2.38. The molecule has 5 rings (SSSR count). The van der Waals surface area contributed by atoms with Crippen LogP contribution in [-0.4, -0.2) is 6.61 Å². The van der Waals surface area contributed by atoms with E-state index in [9.17, 15) is 0 Å². The average molecular weight is 398 g/mol. The van der Waals surface area contributed by atoms with E-state index in [4.69, 9.17) is 9.47 Å². The zero-order valence-electron chi connectivity index (χ0n) is 17.3. The van der Waals surface area contributed by atoms with Gasteiger partial charge in [-0.2, -0.15) is 0 Å². The molecule has 1 aliphatic heterocycles. The smallest absolute Gasteiger partial charge is 0.125 e. The SMILES string of the molecule is CCOc1ccc2c(c1)C1C=CCC1C(c1ccccc1OCc1ccccc1)N2. The zero-order valence-corrected chi connectivity index (χ0v) is 17.3. The van der Waals surface area contributed by atoms with Crippen LogP contribution >= 0.6 is 0 Å². The average Bonchev–Trinajstić information content (AvgIpc) is 3.29. The van der Waals surface area contributed by atoms with Crippen molar-refractivity contribution in [3.05, 3.63) is 102 Å². The largest absolute Gasteiger partial charge is 0.494 e. The van der Waals surface area contributed by atoms with Crippen molar-refractivity contribution in [1.82, 2.24) is 0 Å². The number of rotatable bonds is 6. The topological polar surface area (TPSA) is 30.5 Å². The van der Waals surface area contributed by atoms with Crippen LogP contribution in [0.15, 0.2) is 84.9 Å². The number of benzene rings is 3. The molecule has 0 saturated heterocycles. The second-order valence-corrected chi connectivity index (χ2v) is 7.97. The predicted octanol–water partition coefficient (Wildman–Crippen LogP) is 6.49. The molecule has 0 spiro atoms. The highest BCUT2D eigenvalue weighted by Gasteiger charge is 2.39. The molecule has 3 unspecified atom stereocenters. The Hall–Kier alpha value is -3.20. The molecule has 0 aromatic heterocycles. The van der Waals surface area contributed by atoms with Gasteiger partial charge in [-0.15, -0.1) is 0 Å². The van der Waals surface area contributed by atoms with Crippen LogP contribution in [0.2, 0.25) is 0 Å². The van der Waals surface area contributed by atoms with E-state index in [1.165, 1.54) is 22.4 Å². The Morgan fingerprint density at radius 2 is 1.73 bits per heavy atom. The van der Waals surface area contributed by atoms with Crippen molar-refractivity contribution in [1.29, 1.82) is 0 Å². The summed E-state index contributed by atoms with van der Waals surface area (Å²) in [5.41, 5.74) is 4.93. The number of anilines is 1. The monoisotopic (exact) mass is 397 g/mol.